The molecule has 0 heterocycles. The highest BCUT2D eigenvalue weighted by Crippen LogP contribution is 2.67. The smallest absolute Gasteiger partial charge is 0.338 e. The molecule has 4 rings (SSSR count). The molecule has 3 fully saturated rings. The van der Waals surface area contributed by atoms with Crippen LogP contribution in [0.2, 0.25) is 0 Å². The molecule has 37 heavy (non-hydrogen) atoms. The number of rotatable bonds is 9. The minimum Gasteiger partial charge on any atom is -0.460 e. The number of carbonyl (C=O) groups is 1. The molecule has 0 bridgehead atoms. The monoisotopic (exact) mass is 520 g/mol. The maximum atomic E-state index is 12.3. The van der Waals surface area contributed by atoms with Gasteiger partial charge in [0.2, 0.25) is 0 Å². The van der Waals surface area contributed by atoms with Crippen molar-refractivity contribution < 1.29 is 30.0 Å². The van der Waals surface area contributed by atoms with E-state index in [0.717, 1.165) is 48.9 Å². The van der Waals surface area contributed by atoms with Crippen molar-refractivity contribution in [3.63, 3.8) is 0 Å². The second kappa shape index (κ2) is 11.3. The standard InChI is InChI=1S/C31H52O6/c1-18(2)7-6-8-19(3)23-11-12-24-22-10-9-20-17-21(37-29(36)27(33)26(32)28(34)35)13-15-30(20,4)25(22)14-16-31(23,24)5/h9,18-19,21-28,32-35H,6-8,10-17H2,1-5H3/t19?,21-,22?,23+,24?,25?,26-,27-,30-,31+/m0/s1. The van der Waals surface area contributed by atoms with Gasteiger partial charge in [0.15, 0.2) is 12.4 Å². The molecular formula is C31H52O6. The molecule has 6 nitrogen and oxygen atoms in total. The van der Waals surface area contributed by atoms with Crippen molar-refractivity contribution in [3.05, 3.63) is 11.6 Å². The summed E-state index contributed by atoms with van der Waals surface area (Å²) in [5, 5.41) is 37.6. The van der Waals surface area contributed by atoms with E-state index < -0.39 is 24.5 Å². The van der Waals surface area contributed by atoms with E-state index in [9.17, 15) is 15.0 Å². The summed E-state index contributed by atoms with van der Waals surface area (Å²) in [5.74, 6) is 3.67. The Morgan fingerprint density at radius 3 is 2.41 bits per heavy atom. The van der Waals surface area contributed by atoms with Crippen LogP contribution in [-0.4, -0.2) is 51.0 Å². The number of fused-ring (bicyclic) bond motifs is 5. The van der Waals surface area contributed by atoms with Crippen molar-refractivity contribution in [1.82, 2.24) is 0 Å². The van der Waals surface area contributed by atoms with Crippen LogP contribution in [0.15, 0.2) is 11.6 Å². The maximum Gasteiger partial charge on any atom is 0.338 e. The lowest BCUT2D eigenvalue weighted by atomic mass is 9.47. The molecule has 0 amide bonds. The molecule has 6 heteroatoms. The topological polar surface area (TPSA) is 107 Å². The summed E-state index contributed by atoms with van der Waals surface area (Å²) in [5.41, 5.74) is 1.98. The van der Waals surface area contributed by atoms with E-state index in [4.69, 9.17) is 14.9 Å². The number of esters is 1. The van der Waals surface area contributed by atoms with E-state index in [0.29, 0.717) is 17.8 Å². The summed E-state index contributed by atoms with van der Waals surface area (Å²) in [6.07, 6.45) is 8.85. The second-order valence-electron chi connectivity index (χ2n) is 13.9. The molecule has 212 valence electrons. The number of hydrogen-bond donors (Lipinski definition) is 4. The lowest BCUT2D eigenvalue weighted by molar-refractivity contribution is -0.189. The summed E-state index contributed by atoms with van der Waals surface area (Å²) < 4.78 is 5.52. The Balaban J connectivity index is 1.41. The van der Waals surface area contributed by atoms with E-state index >= 15 is 0 Å². The van der Waals surface area contributed by atoms with Gasteiger partial charge in [-0.15, -0.1) is 0 Å². The van der Waals surface area contributed by atoms with Crippen molar-refractivity contribution in [2.24, 2.45) is 46.3 Å². The molecule has 0 aromatic rings. The first-order chi connectivity index (χ1) is 17.4. The highest BCUT2D eigenvalue weighted by Gasteiger charge is 2.59. The van der Waals surface area contributed by atoms with Gasteiger partial charge in [-0.1, -0.05) is 65.5 Å². The summed E-state index contributed by atoms with van der Waals surface area (Å²) in [6, 6.07) is 0. The van der Waals surface area contributed by atoms with Crippen molar-refractivity contribution in [1.29, 1.82) is 0 Å². The lowest BCUT2D eigenvalue weighted by Crippen LogP contribution is -2.51. The van der Waals surface area contributed by atoms with Crippen LogP contribution in [-0.2, 0) is 9.53 Å². The van der Waals surface area contributed by atoms with E-state index in [2.05, 4.69) is 40.7 Å². The highest BCUT2D eigenvalue weighted by molar-refractivity contribution is 5.75. The Morgan fingerprint density at radius 2 is 1.73 bits per heavy atom. The van der Waals surface area contributed by atoms with Crippen LogP contribution in [0.3, 0.4) is 0 Å². The lowest BCUT2D eigenvalue weighted by Gasteiger charge is -2.58. The highest BCUT2D eigenvalue weighted by atomic mass is 16.6. The van der Waals surface area contributed by atoms with Gasteiger partial charge in [-0.2, -0.15) is 0 Å². The van der Waals surface area contributed by atoms with Gasteiger partial charge in [-0.3, -0.25) is 0 Å². The fourth-order valence-corrected chi connectivity index (χ4v) is 9.29. The number of aliphatic hydroxyl groups excluding tert-OH is 3. The number of hydrogen-bond acceptors (Lipinski definition) is 6. The minimum absolute atomic E-state index is 0.132. The third-order valence-corrected chi connectivity index (χ3v) is 11.4. The SMILES string of the molecule is CC(C)CCCC(C)[C@H]1CCC2C3CC=C4C[C@@H](OC(=O)[C@@H](O)[C@H](O)C(O)O)CC[C@]4(C)C3CC[C@@]21C. The largest absolute Gasteiger partial charge is 0.460 e. The van der Waals surface area contributed by atoms with Gasteiger partial charge >= 0.3 is 5.97 Å². The van der Waals surface area contributed by atoms with Crippen LogP contribution < -0.4 is 0 Å². The summed E-state index contributed by atoms with van der Waals surface area (Å²) >= 11 is 0. The third-order valence-electron chi connectivity index (χ3n) is 11.4. The van der Waals surface area contributed by atoms with Crippen LogP contribution >= 0.6 is 0 Å². The zero-order valence-corrected chi connectivity index (χ0v) is 23.7. The van der Waals surface area contributed by atoms with E-state index in [1.807, 2.05) is 0 Å². The molecule has 10 atom stereocenters. The zero-order chi connectivity index (χ0) is 27.1. The Kier molecular flexibility index (Phi) is 8.85. The average molecular weight is 521 g/mol. The molecule has 0 aliphatic heterocycles. The molecule has 4 aliphatic carbocycles. The normalized spacial score (nSPS) is 39.9. The summed E-state index contributed by atoms with van der Waals surface area (Å²) in [7, 11) is 0. The van der Waals surface area contributed by atoms with Crippen LogP contribution in [0.1, 0.15) is 105 Å². The number of carbonyl (C=O) groups excluding carboxylic acids is 1. The van der Waals surface area contributed by atoms with E-state index in [1.165, 1.54) is 50.5 Å². The van der Waals surface area contributed by atoms with Crippen molar-refractivity contribution in [2.45, 2.75) is 130 Å². The van der Waals surface area contributed by atoms with Crippen LogP contribution in [0.5, 0.6) is 0 Å². The van der Waals surface area contributed by atoms with E-state index in [-0.39, 0.29) is 11.5 Å². The zero-order valence-electron chi connectivity index (χ0n) is 23.7. The van der Waals surface area contributed by atoms with Crippen LogP contribution in [0.4, 0.5) is 0 Å². The van der Waals surface area contributed by atoms with Gasteiger partial charge in [0, 0.05) is 6.42 Å². The molecule has 4 N–H and O–H groups in total. The Morgan fingerprint density at radius 1 is 1.00 bits per heavy atom. The maximum absolute atomic E-state index is 12.3. The van der Waals surface area contributed by atoms with Crippen LogP contribution in [0, 0.1) is 46.3 Å². The molecule has 0 radical (unpaired) electrons. The Labute approximate surface area is 223 Å². The number of aliphatic hydroxyl groups is 4. The van der Waals surface area contributed by atoms with Crippen LogP contribution in [0.25, 0.3) is 0 Å². The molecule has 3 saturated carbocycles. The van der Waals surface area contributed by atoms with Crippen molar-refractivity contribution >= 4 is 5.97 Å². The predicted octanol–water partition coefficient (Wildman–Crippen LogP) is 4.97. The quantitative estimate of drug-likeness (QED) is 0.194. The second-order valence-corrected chi connectivity index (χ2v) is 13.9. The van der Waals surface area contributed by atoms with Gasteiger partial charge in [-0.05, 0) is 91.3 Å². The summed E-state index contributed by atoms with van der Waals surface area (Å²) in [4.78, 5) is 12.3. The van der Waals surface area contributed by atoms with Crippen molar-refractivity contribution in [2.75, 3.05) is 0 Å². The van der Waals surface area contributed by atoms with Gasteiger partial charge in [-0.25, -0.2) is 4.79 Å². The molecular weight excluding hydrogens is 468 g/mol. The first-order valence-corrected chi connectivity index (χ1v) is 15.0. The molecule has 4 aliphatic rings. The minimum atomic E-state index is -2.19. The van der Waals surface area contributed by atoms with Gasteiger partial charge in [0.05, 0.1) is 0 Å². The fourth-order valence-electron chi connectivity index (χ4n) is 9.29. The molecule has 0 aromatic carbocycles. The first kappa shape index (κ1) is 29.0. The number of ether oxygens (including phenoxy) is 1. The average Bonchev–Trinajstić information content (AvgIpc) is 3.20. The fraction of sp³-hybridized carbons (Fsp3) is 0.903. The summed E-state index contributed by atoms with van der Waals surface area (Å²) in [6.45, 7) is 12.2. The van der Waals surface area contributed by atoms with Gasteiger partial charge in [0.25, 0.3) is 0 Å². The Hall–Kier alpha value is -0.950. The van der Waals surface area contributed by atoms with Gasteiger partial charge < -0.3 is 25.2 Å². The Bertz CT molecular complexity index is 838. The molecule has 0 saturated heterocycles. The predicted molar refractivity (Wildman–Crippen MR) is 143 cm³/mol. The van der Waals surface area contributed by atoms with E-state index in [1.54, 1.807) is 0 Å². The third kappa shape index (κ3) is 5.55. The first-order valence-electron chi connectivity index (χ1n) is 15.0. The van der Waals surface area contributed by atoms with Gasteiger partial charge in [0.1, 0.15) is 12.2 Å². The molecule has 0 spiro atoms. The van der Waals surface area contributed by atoms with Crippen molar-refractivity contribution in [3.8, 4) is 0 Å². The molecule has 0 aromatic heterocycles. The number of allylic oxidation sites excluding steroid dienone is 1. The molecule has 4 unspecified atom stereocenters.